The van der Waals surface area contributed by atoms with Crippen molar-refractivity contribution < 1.29 is 9.21 Å². The third-order valence-corrected chi connectivity index (χ3v) is 4.69. The maximum Gasteiger partial charge on any atom is 0.289 e. The molecular weight excluding hydrogens is 302 g/mol. The van der Waals surface area contributed by atoms with Gasteiger partial charge in [-0.05, 0) is 32.4 Å². The molecule has 1 amide bonds. The fraction of sp³-hybridized carbons (Fsp3) is 0.316. The Balaban J connectivity index is 1.58. The van der Waals surface area contributed by atoms with Crippen LogP contribution in [-0.4, -0.2) is 33.9 Å². The minimum Gasteiger partial charge on any atom is -0.451 e. The summed E-state index contributed by atoms with van der Waals surface area (Å²) in [4.78, 5) is 23.6. The van der Waals surface area contributed by atoms with E-state index in [-0.39, 0.29) is 11.8 Å². The van der Waals surface area contributed by atoms with Gasteiger partial charge in [-0.2, -0.15) is 0 Å². The number of hydrogen-bond donors (Lipinski definition) is 0. The number of benzene rings is 1. The SMILES string of the molecule is Cc1ccnc(C2CCN(C(=O)c3oc4ccccc4c3C)C2)n1. The van der Waals surface area contributed by atoms with Crippen molar-refractivity contribution in [1.82, 2.24) is 14.9 Å². The van der Waals surface area contributed by atoms with E-state index in [1.807, 2.05) is 49.1 Å². The van der Waals surface area contributed by atoms with Crippen LogP contribution < -0.4 is 0 Å². The number of nitrogens with zero attached hydrogens (tertiary/aromatic N) is 3. The van der Waals surface area contributed by atoms with Gasteiger partial charge in [-0.3, -0.25) is 4.79 Å². The van der Waals surface area contributed by atoms with Crippen LogP contribution in [0.25, 0.3) is 11.0 Å². The zero-order valence-corrected chi connectivity index (χ0v) is 13.8. The lowest BCUT2D eigenvalue weighted by atomic mass is 10.1. The molecular formula is C19H19N3O2. The Hall–Kier alpha value is -2.69. The molecule has 5 nitrogen and oxygen atoms in total. The summed E-state index contributed by atoms with van der Waals surface area (Å²) in [5, 5.41) is 0.999. The van der Waals surface area contributed by atoms with E-state index in [2.05, 4.69) is 9.97 Å². The molecule has 122 valence electrons. The number of amides is 1. The minimum absolute atomic E-state index is 0.0427. The standard InChI is InChI=1S/C19H19N3O2/c1-12-7-9-20-18(21-12)14-8-10-22(11-14)19(23)17-13(2)15-5-3-4-6-16(15)24-17/h3-7,9,14H,8,10-11H2,1-2H3. The lowest BCUT2D eigenvalue weighted by Gasteiger charge is -2.15. The topological polar surface area (TPSA) is 59.2 Å². The van der Waals surface area contributed by atoms with Gasteiger partial charge in [0.1, 0.15) is 11.4 Å². The van der Waals surface area contributed by atoms with E-state index in [0.717, 1.165) is 34.5 Å². The second-order valence-electron chi connectivity index (χ2n) is 6.35. The minimum atomic E-state index is -0.0427. The van der Waals surface area contributed by atoms with Crippen molar-refractivity contribution in [2.24, 2.45) is 0 Å². The van der Waals surface area contributed by atoms with E-state index >= 15 is 0 Å². The molecule has 4 rings (SSSR count). The largest absolute Gasteiger partial charge is 0.451 e. The summed E-state index contributed by atoms with van der Waals surface area (Å²) in [6.45, 7) is 5.24. The van der Waals surface area contributed by atoms with E-state index in [1.54, 1.807) is 6.20 Å². The van der Waals surface area contributed by atoms with Crippen LogP contribution in [0.1, 0.15) is 40.0 Å². The van der Waals surface area contributed by atoms with Crippen molar-refractivity contribution in [3.8, 4) is 0 Å². The molecule has 3 heterocycles. The van der Waals surface area contributed by atoms with Crippen LogP contribution >= 0.6 is 0 Å². The van der Waals surface area contributed by atoms with Crippen molar-refractivity contribution >= 4 is 16.9 Å². The number of aryl methyl sites for hydroxylation is 2. The Morgan fingerprint density at radius 1 is 1.25 bits per heavy atom. The number of carbonyl (C=O) groups excluding carboxylic acids is 1. The monoisotopic (exact) mass is 321 g/mol. The third-order valence-electron chi connectivity index (χ3n) is 4.69. The number of aromatic nitrogens is 2. The summed E-state index contributed by atoms with van der Waals surface area (Å²) >= 11 is 0. The molecule has 0 spiro atoms. The zero-order valence-electron chi connectivity index (χ0n) is 13.8. The van der Waals surface area contributed by atoms with Crippen LogP contribution in [0.15, 0.2) is 40.9 Å². The van der Waals surface area contributed by atoms with Crippen molar-refractivity contribution in [3.05, 3.63) is 59.4 Å². The fourth-order valence-corrected chi connectivity index (χ4v) is 3.34. The molecule has 0 aliphatic carbocycles. The van der Waals surface area contributed by atoms with Gasteiger partial charge in [-0.15, -0.1) is 0 Å². The van der Waals surface area contributed by atoms with Crippen LogP contribution in [-0.2, 0) is 0 Å². The zero-order chi connectivity index (χ0) is 16.7. The summed E-state index contributed by atoms with van der Waals surface area (Å²) in [7, 11) is 0. The molecule has 24 heavy (non-hydrogen) atoms. The number of furan rings is 1. The van der Waals surface area contributed by atoms with E-state index in [4.69, 9.17) is 4.42 Å². The van der Waals surface area contributed by atoms with Gasteiger partial charge in [0.05, 0.1) is 0 Å². The second kappa shape index (κ2) is 5.74. The molecule has 1 aliphatic heterocycles. The third kappa shape index (κ3) is 2.46. The van der Waals surface area contributed by atoms with Gasteiger partial charge in [0.25, 0.3) is 5.91 Å². The van der Waals surface area contributed by atoms with Crippen molar-refractivity contribution in [2.75, 3.05) is 13.1 Å². The van der Waals surface area contributed by atoms with E-state index in [9.17, 15) is 4.79 Å². The van der Waals surface area contributed by atoms with Gasteiger partial charge >= 0.3 is 0 Å². The van der Waals surface area contributed by atoms with Crippen molar-refractivity contribution in [2.45, 2.75) is 26.2 Å². The normalized spacial score (nSPS) is 17.6. The van der Waals surface area contributed by atoms with Crippen LogP contribution in [0.2, 0.25) is 0 Å². The molecule has 0 radical (unpaired) electrons. The van der Waals surface area contributed by atoms with Gasteiger partial charge in [0.2, 0.25) is 0 Å². The van der Waals surface area contributed by atoms with E-state index in [0.29, 0.717) is 18.8 Å². The highest BCUT2D eigenvalue weighted by Gasteiger charge is 2.32. The molecule has 1 atom stereocenters. The van der Waals surface area contributed by atoms with Crippen LogP contribution in [0.5, 0.6) is 0 Å². The van der Waals surface area contributed by atoms with Crippen molar-refractivity contribution in [3.63, 3.8) is 0 Å². The molecule has 1 aromatic carbocycles. The Kier molecular flexibility index (Phi) is 3.56. The number of para-hydroxylation sites is 1. The number of likely N-dealkylation sites (tertiary alicyclic amines) is 1. The number of rotatable bonds is 2. The predicted octanol–water partition coefficient (Wildman–Crippen LogP) is 3.47. The summed E-state index contributed by atoms with van der Waals surface area (Å²) in [5.41, 5.74) is 2.62. The van der Waals surface area contributed by atoms with E-state index in [1.165, 1.54) is 0 Å². The molecule has 2 aromatic heterocycles. The quantitative estimate of drug-likeness (QED) is 0.725. The average molecular weight is 321 g/mol. The van der Waals surface area contributed by atoms with Crippen LogP contribution in [0.4, 0.5) is 0 Å². The van der Waals surface area contributed by atoms with Gasteiger partial charge in [-0.25, -0.2) is 9.97 Å². The molecule has 5 heteroatoms. The van der Waals surface area contributed by atoms with E-state index < -0.39 is 0 Å². The highest BCUT2D eigenvalue weighted by atomic mass is 16.3. The Bertz CT molecular complexity index is 916. The molecule has 1 fully saturated rings. The average Bonchev–Trinajstić information content (AvgIpc) is 3.20. The first-order chi connectivity index (χ1) is 11.6. The Morgan fingerprint density at radius 2 is 2.08 bits per heavy atom. The maximum absolute atomic E-state index is 12.9. The smallest absolute Gasteiger partial charge is 0.289 e. The summed E-state index contributed by atoms with van der Waals surface area (Å²) in [6, 6.07) is 9.64. The van der Waals surface area contributed by atoms with Gasteiger partial charge < -0.3 is 9.32 Å². The lowest BCUT2D eigenvalue weighted by molar-refractivity contribution is 0.0760. The summed E-state index contributed by atoms with van der Waals surface area (Å²) in [6.07, 6.45) is 2.67. The lowest BCUT2D eigenvalue weighted by Crippen LogP contribution is -2.28. The summed E-state index contributed by atoms with van der Waals surface area (Å²) in [5.74, 6) is 1.42. The van der Waals surface area contributed by atoms with Gasteiger partial charge in [-0.1, -0.05) is 18.2 Å². The molecule has 1 unspecified atom stereocenters. The molecule has 3 aromatic rings. The van der Waals surface area contributed by atoms with Gasteiger partial charge in [0, 0.05) is 41.8 Å². The first-order valence-electron chi connectivity index (χ1n) is 8.20. The molecule has 0 N–H and O–H groups in total. The highest BCUT2D eigenvalue weighted by Crippen LogP contribution is 2.30. The van der Waals surface area contributed by atoms with Crippen LogP contribution in [0.3, 0.4) is 0 Å². The highest BCUT2D eigenvalue weighted by molar-refractivity contribution is 5.99. The number of carbonyl (C=O) groups is 1. The molecule has 1 saturated heterocycles. The van der Waals surface area contributed by atoms with Gasteiger partial charge in [0.15, 0.2) is 5.76 Å². The molecule has 0 bridgehead atoms. The van der Waals surface area contributed by atoms with Crippen LogP contribution in [0, 0.1) is 13.8 Å². The first-order valence-corrected chi connectivity index (χ1v) is 8.20. The number of fused-ring (bicyclic) bond motifs is 1. The first kappa shape index (κ1) is 14.9. The predicted molar refractivity (Wildman–Crippen MR) is 91.0 cm³/mol. The fourth-order valence-electron chi connectivity index (χ4n) is 3.34. The number of hydrogen-bond acceptors (Lipinski definition) is 4. The Labute approximate surface area is 140 Å². The molecule has 1 aliphatic rings. The summed E-state index contributed by atoms with van der Waals surface area (Å²) < 4.78 is 5.81. The van der Waals surface area contributed by atoms with Crippen molar-refractivity contribution in [1.29, 1.82) is 0 Å². The maximum atomic E-state index is 12.9. The Morgan fingerprint density at radius 3 is 2.88 bits per heavy atom. The molecule has 0 saturated carbocycles. The second-order valence-corrected chi connectivity index (χ2v) is 6.35.